The quantitative estimate of drug-likeness (QED) is 0.469. The first-order chi connectivity index (χ1) is 8.95. The van der Waals surface area contributed by atoms with Gasteiger partial charge < -0.3 is 20.5 Å². The van der Waals surface area contributed by atoms with Crippen molar-refractivity contribution in [3.05, 3.63) is 23.3 Å². The fourth-order valence-electron chi connectivity index (χ4n) is 1.67. The Bertz CT molecular complexity index is 445. The molecule has 0 radical (unpaired) electrons. The summed E-state index contributed by atoms with van der Waals surface area (Å²) in [6.07, 6.45) is 0.209. The lowest BCUT2D eigenvalue weighted by Gasteiger charge is -2.13. The lowest BCUT2D eigenvalue weighted by molar-refractivity contribution is 0.0602. The molecule has 0 aliphatic rings. The summed E-state index contributed by atoms with van der Waals surface area (Å²) in [5.41, 5.74) is 8.38. The van der Waals surface area contributed by atoms with Crippen LogP contribution in [0.25, 0.3) is 0 Å². The van der Waals surface area contributed by atoms with Crippen molar-refractivity contribution in [2.75, 3.05) is 31.3 Å². The summed E-state index contributed by atoms with van der Waals surface area (Å²) in [6, 6.07) is 3.60. The number of benzene rings is 1. The van der Waals surface area contributed by atoms with Crippen molar-refractivity contribution in [1.29, 1.82) is 0 Å². The number of hydrogen-bond donors (Lipinski definition) is 2. The molecule has 0 bridgehead atoms. The summed E-state index contributed by atoms with van der Waals surface area (Å²) in [7, 11) is 1.34. The number of nitrogen functional groups attached to an aromatic ring is 1. The molecule has 0 atom stereocenters. The molecule has 0 heterocycles. The predicted molar refractivity (Wildman–Crippen MR) is 76.5 cm³/mol. The maximum Gasteiger partial charge on any atom is 0.340 e. The molecule has 3 N–H and O–H groups in total. The molecule has 1 rings (SSSR count). The van der Waals surface area contributed by atoms with Crippen LogP contribution in [0.5, 0.6) is 0 Å². The Morgan fingerprint density at radius 3 is 2.68 bits per heavy atom. The number of carbonyl (C=O) groups is 1. The third-order valence-electron chi connectivity index (χ3n) is 2.67. The molecule has 5 nitrogen and oxygen atoms in total. The van der Waals surface area contributed by atoms with Crippen molar-refractivity contribution >= 4 is 17.3 Å². The summed E-state index contributed by atoms with van der Waals surface area (Å²) in [5, 5.41) is 3.20. The Morgan fingerprint density at radius 1 is 1.42 bits per heavy atom. The van der Waals surface area contributed by atoms with E-state index in [2.05, 4.69) is 5.32 Å². The van der Waals surface area contributed by atoms with Crippen molar-refractivity contribution in [1.82, 2.24) is 0 Å². The highest BCUT2D eigenvalue weighted by atomic mass is 16.5. The molecular formula is C14H22N2O3. The zero-order chi connectivity index (χ0) is 14.4. The number of methoxy groups -OCH3 is 1. The first-order valence-corrected chi connectivity index (χ1v) is 6.29. The van der Waals surface area contributed by atoms with Gasteiger partial charge in [-0.2, -0.15) is 0 Å². The second-order valence-corrected chi connectivity index (χ2v) is 4.59. The molecule has 0 fully saturated rings. The molecule has 0 aliphatic carbocycles. The van der Waals surface area contributed by atoms with E-state index in [1.54, 1.807) is 6.07 Å². The first kappa shape index (κ1) is 15.3. The van der Waals surface area contributed by atoms with Gasteiger partial charge in [0.15, 0.2) is 0 Å². The third kappa shape index (κ3) is 4.44. The van der Waals surface area contributed by atoms with E-state index in [1.807, 2.05) is 26.8 Å². The number of nitrogens with one attached hydrogen (secondary N) is 1. The normalized spacial score (nSPS) is 10.6. The Balaban J connectivity index is 2.74. The van der Waals surface area contributed by atoms with Gasteiger partial charge in [-0.15, -0.1) is 0 Å². The molecular weight excluding hydrogens is 244 g/mol. The third-order valence-corrected chi connectivity index (χ3v) is 2.67. The van der Waals surface area contributed by atoms with E-state index >= 15 is 0 Å². The zero-order valence-electron chi connectivity index (χ0n) is 11.9. The molecule has 1 aromatic rings. The molecule has 19 heavy (non-hydrogen) atoms. The summed E-state index contributed by atoms with van der Waals surface area (Å²) in [4.78, 5) is 11.6. The minimum atomic E-state index is -0.428. The van der Waals surface area contributed by atoms with Gasteiger partial charge in [0.25, 0.3) is 0 Å². The highest BCUT2D eigenvalue weighted by Gasteiger charge is 2.13. The Labute approximate surface area is 114 Å². The van der Waals surface area contributed by atoms with Crippen molar-refractivity contribution in [3.8, 4) is 0 Å². The highest BCUT2D eigenvalue weighted by molar-refractivity contribution is 5.97. The van der Waals surface area contributed by atoms with Crippen molar-refractivity contribution in [2.24, 2.45) is 0 Å². The van der Waals surface area contributed by atoms with Crippen LogP contribution in [0.15, 0.2) is 12.1 Å². The average molecular weight is 266 g/mol. The van der Waals surface area contributed by atoms with Crippen molar-refractivity contribution in [2.45, 2.75) is 26.9 Å². The number of esters is 1. The van der Waals surface area contributed by atoms with Gasteiger partial charge in [-0.25, -0.2) is 4.79 Å². The van der Waals surface area contributed by atoms with Gasteiger partial charge in [0.05, 0.1) is 25.4 Å². The monoisotopic (exact) mass is 266 g/mol. The number of rotatable bonds is 6. The van der Waals surface area contributed by atoms with E-state index in [4.69, 9.17) is 15.2 Å². The standard InChI is InChI=1S/C14H22N2O3/c1-9(2)19-6-5-16-11-7-10(3)13(15)12(8-11)14(17)18-4/h7-9,16H,5-6,15H2,1-4H3. The summed E-state index contributed by atoms with van der Waals surface area (Å²) < 4.78 is 10.2. The Morgan fingerprint density at radius 2 is 2.11 bits per heavy atom. The van der Waals surface area contributed by atoms with Crippen LogP contribution in [0.4, 0.5) is 11.4 Å². The molecule has 0 unspecified atom stereocenters. The van der Waals surface area contributed by atoms with Crippen molar-refractivity contribution < 1.29 is 14.3 Å². The molecule has 0 saturated carbocycles. The number of hydrogen-bond acceptors (Lipinski definition) is 5. The number of aryl methyl sites for hydroxylation is 1. The van der Waals surface area contributed by atoms with E-state index < -0.39 is 5.97 Å². The van der Waals surface area contributed by atoms with Crippen LogP contribution in [0, 0.1) is 6.92 Å². The van der Waals surface area contributed by atoms with Gasteiger partial charge in [0, 0.05) is 17.9 Å². The predicted octanol–water partition coefficient (Wildman–Crippen LogP) is 2.20. The molecule has 1 aromatic carbocycles. The Hall–Kier alpha value is -1.75. The Kier molecular flexibility index (Phi) is 5.63. The molecule has 0 amide bonds. The van der Waals surface area contributed by atoms with Crippen LogP contribution in [0.2, 0.25) is 0 Å². The van der Waals surface area contributed by atoms with Crippen molar-refractivity contribution in [3.63, 3.8) is 0 Å². The van der Waals surface area contributed by atoms with E-state index in [0.29, 0.717) is 24.4 Å². The minimum Gasteiger partial charge on any atom is -0.465 e. The number of nitrogens with two attached hydrogens (primary N) is 1. The fourth-order valence-corrected chi connectivity index (χ4v) is 1.67. The number of anilines is 2. The topological polar surface area (TPSA) is 73.6 Å². The second-order valence-electron chi connectivity index (χ2n) is 4.59. The molecule has 5 heteroatoms. The maximum absolute atomic E-state index is 11.6. The molecule has 0 saturated heterocycles. The first-order valence-electron chi connectivity index (χ1n) is 6.29. The van der Waals surface area contributed by atoms with Crippen LogP contribution in [0.1, 0.15) is 29.8 Å². The minimum absolute atomic E-state index is 0.209. The van der Waals surface area contributed by atoms with Crippen LogP contribution in [-0.2, 0) is 9.47 Å². The van der Waals surface area contributed by atoms with Gasteiger partial charge in [0.1, 0.15) is 0 Å². The van der Waals surface area contributed by atoms with Gasteiger partial charge in [-0.1, -0.05) is 0 Å². The van der Waals surface area contributed by atoms with Gasteiger partial charge in [0.2, 0.25) is 0 Å². The smallest absolute Gasteiger partial charge is 0.340 e. The molecule has 0 spiro atoms. The van der Waals surface area contributed by atoms with Crippen LogP contribution in [-0.4, -0.2) is 32.3 Å². The largest absolute Gasteiger partial charge is 0.465 e. The van der Waals surface area contributed by atoms with E-state index in [1.165, 1.54) is 7.11 Å². The maximum atomic E-state index is 11.6. The van der Waals surface area contributed by atoms with Crippen LogP contribution >= 0.6 is 0 Å². The summed E-state index contributed by atoms with van der Waals surface area (Å²) in [6.45, 7) is 7.11. The average Bonchev–Trinajstić information content (AvgIpc) is 2.37. The second kappa shape index (κ2) is 6.99. The highest BCUT2D eigenvalue weighted by Crippen LogP contribution is 2.23. The number of carbonyl (C=O) groups excluding carboxylic acids is 1. The summed E-state index contributed by atoms with van der Waals surface area (Å²) in [5.74, 6) is -0.428. The SMILES string of the molecule is COC(=O)c1cc(NCCOC(C)C)cc(C)c1N. The van der Waals surface area contributed by atoms with Gasteiger partial charge in [-0.05, 0) is 38.5 Å². The van der Waals surface area contributed by atoms with E-state index in [0.717, 1.165) is 11.3 Å². The van der Waals surface area contributed by atoms with Crippen LogP contribution < -0.4 is 11.1 Å². The lowest BCUT2D eigenvalue weighted by Crippen LogP contribution is -2.14. The van der Waals surface area contributed by atoms with Gasteiger partial charge in [-0.3, -0.25) is 0 Å². The molecule has 0 aliphatic heterocycles. The fraction of sp³-hybridized carbons (Fsp3) is 0.500. The lowest BCUT2D eigenvalue weighted by atomic mass is 10.1. The zero-order valence-corrected chi connectivity index (χ0v) is 11.9. The van der Waals surface area contributed by atoms with Crippen LogP contribution in [0.3, 0.4) is 0 Å². The summed E-state index contributed by atoms with van der Waals surface area (Å²) >= 11 is 0. The van der Waals surface area contributed by atoms with Gasteiger partial charge >= 0.3 is 5.97 Å². The van der Waals surface area contributed by atoms with E-state index in [-0.39, 0.29) is 6.10 Å². The molecule has 0 aromatic heterocycles. The molecule has 106 valence electrons. The number of ether oxygens (including phenoxy) is 2. The van der Waals surface area contributed by atoms with E-state index in [9.17, 15) is 4.79 Å².